The molecule has 1 aliphatic carbocycles. The summed E-state index contributed by atoms with van der Waals surface area (Å²) in [4.78, 5) is 33.3. The van der Waals surface area contributed by atoms with Crippen molar-refractivity contribution in [3.63, 3.8) is 0 Å². The molecule has 0 aromatic carbocycles. The van der Waals surface area contributed by atoms with Crippen molar-refractivity contribution in [3.05, 3.63) is 0 Å². The van der Waals surface area contributed by atoms with Crippen LogP contribution in [-0.4, -0.2) is 75.6 Å². The Morgan fingerprint density at radius 2 is 1.70 bits per heavy atom. The molecule has 1 heterocycles. The lowest BCUT2D eigenvalue weighted by molar-refractivity contribution is -0.192. The largest absolute Gasteiger partial charge is 0.490 e. The lowest BCUT2D eigenvalue weighted by atomic mass is 9.88. The van der Waals surface area contributed by atoms with Crippen molar-refractivity contribution in [1.29, 1.82) is 0 Å². The third-order valence-corrected chi connectivity index (χ3v) is 8.50. The molecule has 8 nitrogen and oxygen atoms in total. The molecule has 0 amide bonds. The van der Waals surface area contributed by atoms with E-state index >= 15 is 0 Å². The molecular weight excluding hydrogens is 428 g/mol. The third-order valence-electron chi connectivity index (χ3n) is 5.80. The van der Waals surface area contributed by atoms with Crippen molar-refractivity contribution >= 4 is 19.3 Å². The van der Waals surface area contributed by atoms with Crippen LogP contribution in [0.1, 0.15) is 51.4 Å². The molecule has 176 valence electrons. The number of halogens is 3. The summed E-state index contributed by atoms with van der Waals surface area (Å²) in [6.45, 7) is 2.09. The molecule has 0 radical (unpaired) electrons. The van der Waals surface area contributed by atoms with Crippen LogP contribution in [-0.2, 0) is 14.2 Å². The summed E-state index contributed by atoms with van der Waals surface area (Å²) in [7, 11) is -3.70. The van der Waals surface area contributed by atoms with Crippen LogP contribution in [0.15, 0.2) is 0 Å². The van der Waals surface area contributed by atoms with E-state index in [1.807, 2.05) is 0 Å². The van der Waals surface area contributed by atoms with Gasteiger partial charge < -0.3 is 25.7 Å². The van der Waals surface area contributed by atoms with Gasteiger partial charge in [0.2, 0.25) is 7.37 Å². The normalized spacial score (nSPS) is 28.4. The Morgan fingerprint density at radius 1 is 1.13 bits per heavy atom. The van der Waals surface area contributed by atoms with Crippen molar-refractivity contribution in [2.45, 2.75) is 62.7 Å². The molecular formula is C18H32F3N2O6P. The van der Waals surface area contributed by atoms with E-state index in [0.29, 0.717) is 31.8 Å². The molecule has 5 N–H and O–H groups in total. The van der Waals surface area contributed by atoms with Crippen LogP contribution >= 0.6 is 7.37 Å². The van der Waals surface area contributed by atoms with Gasteiger partial charge in [-0.15, -0.1) is 0 Å². The molecule has 2 fully saturated rings. The number of hydrogen-bond donors (Lipinski definition) is 4. The summed E-state index contributed by atoms with van der Waals surface area (Å²) in [6, 6.07) is 0. The molecule has 0 bridgehead atoms. The fraction of sp³-hybridized carbons (Fsp3) is 0.889. The lowest BCUT2D eigenvalue weighted by Gasteiger charge is -2.44. The second-order valence-electron chi connectivity index (χ2n) is 8.05. The molecule has 1 saturated carbocycles. The van der Waals surface area contributed by atoms with Crippen molar-refractivity contribution < 1.29 is 42.4 Å². The Morgan fingerprint density at radius 3 is 2.17 bits per heavy atom. The third kappa shape index (κ3) is 7.51. The molecule has 0 spiro atoms. The fourth-order valence-corrected chi connectivity index (χ4v) is 6.29. The Hall–Kier alpha value is -1.16. The van der Waals surface area contributed by atoms with Gasteiger partial charge in [-0.25, -0.2) is 4.79 Å². The van der Waals surface area contributed by atoms with Gasteiger partial charge in [0.25, 0.3) is 0 Å². The Kier molecular flexibility index (Phi) is 10.3. The van der Waals surface area contributed by atoms with Crippen LogP contribution < -0.4 is 5.73 Å². The SMILES string of the molecule is NCCCCC1(C(=O)O)CN(CC2CCCCC2)CCP1(=O)O.O=C(O)C(F)(F)F. The number of rotatable bonds is 7. The van der Waals surface area contributed by atoms with Gasteiger partial charge in [-0.1, -0.05) is 25.7 Å². The second-order valence-corrected chi connectivity index (χ2v) is 10.8. The molecule has 30 heavy (non-hydrogen) atoms. The zero-order valence-electron chi connectivity index (χ0n) is 16.9. The number of aliphatic carboxylic acids is 2. The fourth-order valence-electron chi connectivity index (χ4n) is 4.08. The Labute approximate surface area is 174 Å². The highest BCUT2D eigenvalue weighted by Gasteiger charge is 2.56. The highest BCUT2D eigenvalue weighted by Crippen LogP contribution is 2.59. The van der Waals surface area contributed by atoms with Gasteiger partial charge in [0.05, 0.1) is 0 Å². The predicted molar refractivity (Wildman–Crippen MR) is 105 cm³/mol. The van der Waals surface area contributed by atoms with Crippen molar-refractivity contribution in [3.8, 4) is 0 Å². The lowest BCUT2D eigenvalue weighted by Crippen LogP contribution is -2.55. The number of unbranched alkanes of at least 4 members (excludes halogenated alkanes) is 1. The van der Waals surface area contributed by atoms with Gasteiger partial charge in [-0.2, -0.15) is 13.2 Å². The first kappa shape index (κ1) is 26.9. The van der Waals surface area contributed by atoms with E-state index in [0.717, 1.165) is 6.54 Å². The first-order valence-corrected chi connectivity index (χ1v) is 12.0. The zero-order chi connectivity index (χ0) is 23.0. The van der Waals surface area contributed by atoms with E-state index in [4.69, 9.17) is 15.6 Å². The number of nitrogens with two attached hydrogens (primary N) is 1. The van der Waals surface area contributed by atoms with E-state index in [9.17, 15) is 32.5 Å². The summed E-state index contributed by atoms with van der Waals surface area (Å²) in [5, 5.41) is 15.4. The minimum Gasteiger partial charge on any atom is -0.480 e. The van der Waals surface area contributed by atoms with Crippen molar-refractivity contribution in [2.24, 2.45) is 11.7 Å². The zero-order valence-corrected chi connectivity index (χ0v) is 17.8. The van der Waals surface area contributed by atoms with Crippen LogP contribution in [0.2, 0.25) is 0 Å². The topological polar surface area (TPSA) is 141 Å². The summed E-state index contributed by atoms with van der Waals surface area (Å²) >= 11 is 0. The van der Waals surface area contributed by atoms with E-state index in [1.165, 1.54) is 32.1 Å². The van der Waals surface area contributed by atoms with Crippen LogP contribution in [0.4, 0.5) is 13.2 Å². The van der Waals surface area contributed by atoms with Crippen LogP contribution in [0.5, 0.6) is 0 Å². The number of hydrogen-bond acceptors (Lipinski definition) is 5. The Balaban J connectivity index is 0.000000553. The van der Waals surface area contributed by atoms with Gasteiger partial charge in [-0.05, 0) is 38.1 Å². The van der Waals surface area contributed by atoms with Gasteiger partial charge in [-0.3, -0.25) is 9.36 Å². The van der Waals surface area contributed by atoms with Gasteiger partial charge in [0.15, 0.2) is 5.16 Å². The average Bonchev–Trinajstić information content (AvgIpc) is 2.65. The van der Waals surface area contributed by atoms with E-state index in [1.54, 1.807) is 0 Å². The predicted octanol–water partition coefficient (Wildman–Crippen LogP) is 2.74. The summed E-state index contributed by atoms with van der Waals surface area (Å²) < 4.78 is 44.4. The first-order valence-electron chi connectivity index (χ1n) is 10.1. The Bertz CT molecular complexity index is 628. The monoisotopic (exact) mass is 460 g/mol. The van der Waals surface area contributed by atoms with Gasteiger partial charge in [0.1, 0.15) is 0 Å². The molecule has 0 aromatic heterocycles. The van der Waals surface area contributed by atoms with Crippen LogP contribution in [0, 0.1) is 5.92 Å². The highest BCUT2D eigenvalue weighted by atomic mass is 31.2. The van der Waals surface area contributed by atoms with Crippen molar-refractivity contribution in [1.82, 2.24) is 4.90 Å². The highest BCUT2D eigenvalue weighted by molar-refractivity contribution is 7.61. The van der Waals surface area contributed by atoms with Crippen molar-refractivity contribution in [2.75, 3.05) is 32.3 Å². The number of carboxylic acid groups (broad SMARTS) is 2. The number of carbonyl (C=O) groups is 2. The molecule has 0 aromatic rings. The maximum atomic E-state index is 12.7. The van der Waals surface area contributed by atoms with Crippen LogP contribution in [0.3, 0.4) is 0 Å². The number of alkyl halides is 3. The standard InChI is InChI=1S/C16H31N2O4P.C2HF3O2/c17-9-5-4-8-16(15(19)20)13-18(10-11-23(16,21)22)12-14-6-2-1-3-7-14;3-2(4,5)1(6)7/h14H,1-13,17H2,(H,19,20)(H,21,22);(H,6,7). The van der Waals surface area contributed by atoms with E-state index in [-0.39, 0.29) is 19.1 Å². The minimum atomic E-state index is -5.08. The molecule has 12 heteroatoms. The summed E-state index contributed by atoms with van der Waals surface area (Å²) in [5.41, 5.74) is 5.49. The molecule has 2 aliphatic rings. The molecule has 1 saturated heterocycles. The van der Waals surface area contributed by atoms with E-state index < -0.39 is 30.6 Å². The van der Waals surface area contributed by atoms with Crippen LogP contribution in [0.25, 0.3) is 0 Å². The molecule has 2 unspecified atom stereocenters. The quantitative estimate of drug-likeness (QED) is 0.336. The summed E-state index contributed by atoms with van der Waals surface area (Å²) in [5.74, 6) is -3.27. The average molecular weight is 460 g/mol. The smallest absolute Gasteiger partial charge is 0.480 e. The maximum Gasteiger partial charge on any atom is 0.490 e. The summed E-state index contributed by atoms with van der Waals surface area (Å²) in [6.07, 6.45) is 2.71. The maximum absolute atomic E-state index is 12.7. The molecule has 2 rings (SSSR count). The second kappa shape index (κ2) is 11.5. The number of carboxylic acids is 2. The minimum absolute atomic E-state index is 0.0919. The molecule has 1 aliphatic heterocycles. The van der Waals surface area contributed by atoms with E-state index in [2.05, 4.69) is 4.90 Å². The molecule has 2 atom stereocenters. The van der Waals surface area contributed by atoms with Gasteiger partial charge in [0, 0.05) is 25.8 Å². The number of nitrogens with zero attached hydrogens (tertiary/aromatic N) is 1. The van der Waals surface area contributed by atoms with Gasteiger partial charge >= 0.3 is 18.1 Å². The first-order chi connectivity index (χ1) is 13.9.